The third-order valence-electron chi connectivity index (χ3n) is 4.01. The number of aromatic nitrogens is 1. The Balaban J connectivity index is 1.91. The minimum absolute atomic E-state index is 0.375. The van der Waals surface area contributed by atoms with Gasteiger partial charge in [0.05, 0.1) is 0 Å². The van der Waals surface area contributed by atoms with Gasteiger partial charge in [0.2, 0.25) is 0 Å². The second-order valence-electron chi connectivity index (χ2n) is 7.17. The highest BCUT2D eigenvalue weighted by Crippen LogP contribution is 2.27. The fourth-order valence-corrected chi connectivity index (χ4v) is 2.96. The lowest BCUT2D eigenvalue weighted by molar-refractivity contribution is 0.0523. The normalized spacial score (nSPS) is 16.3. The lowest BCUT2D eigenvalue weighted by Crippen LogP contribution is -2.32. The van der Waals surface area contributed by atoms with Gasteiger partial charge in [0.15, 0.2) is 0 Å². The van der Waals surface area contributed by atoms with Crippen LogP contribution in [0.25, 0.3) is 0 Å². The van der Waals surface area contributed by atoms with Crippen LogP contribution < -0.4 is 5.32 Å². The van der Waals surface area contributed by atoms with E-state index in [0.717, 1.165) is 23.6 Å². The Bertz CT molecular complexity index is 488. The topological polar surface area (TPSA) is 51.2 Å². The number of pyridine rings is 1. The van der Waals surface area contributed by atoms with Crippen LogP contribution in [0.4, 0.5) is 4.79 Å². The molecule has 22 heavy (non-hydrogen) atoms. The van der Waals surface area contributed by atoms with Crippen molar-refractivity contribution in [2.75, 3.05) is 0 Å². The molecule has 0 unspecified atom stereocenters. The van der Waals surface area contributed by atoms with Gasteiger partial charge in [-0.1, -0.05) is 38.2 Å². The van der Waals surface area contributed by atoms with Gasteiger partial charge in [0.1, 0.15) is 5.60 Å². The van der Waals surface area contributed by atoms with Crippen LogP contribution in [-0.4, -0.2) is 16.7 Å². The smallest absolute Gasteiger partial charge is 0.407 e. The number of nitrogens with one attached hydrogen (secondary N) is 1. The number of ether oxygens (including phenoxy) is 1. The van der Waals surface area contributed by atoms with E-state index in [-0.39, 0.29) is 6.09 Å². The molecule has 1 N–H and O–H groups in total. The molecule has 0 atom stereocenters. The van der Waals surface area contributed by atoms with Crippen molar-refractivity contribution < 1.29 is 9.53 Å². The van der Waals surface area contributed by atoms with E-state index in [1.807, 2.05) is 39.1 Å². The van der Waals surface area contributed by atoms with Gasteiger partial charge in [-0.3, -0.25) is 4.98 Å². The maximum atomic E-state index is 11.8. The number of carbonyl (C=O) groups excluding carboxylic acids is 1. The summed E-state index contributed by atoms with van der Waals surface area (Å²) in [5, 5.41) is 2.83. The standard InChI is InChI=1S/C18H28N2O2/c1-18(2,3)22-17(21)20-13-15-10-7-11-19-16(15)12-14-8-5-4-6-9-14/h7,10-11,14H,4-6,8-9,12-13H2,1-3H3,(H,20,21). The summed E-state index contributed by atoms with van der Waals surface area (Å²) in [6.07, 6.45) is 9.13. The maximum Gasteiger partial charge on any atom is 0.407 e. The highest BCUT2D eigenvalue weighted by atomic mass is 16.6. The molecule has 0 bridgehead atoms. The summed E-state index contributed by atoms with van der Waals surface area (Å²) in [6.45, 7) is 6.08. The highest BCUT2D eigenvalue weighted by Gasteiger charge is 2.18. The van der Waals surface area contributed by atoms with Gasteiger partial charge in [-0.2, -0.15) is 0 Å². The molecule has 0 saturated heterocycles. The average molecular weight is 304 g/mol. The van der Waals surface area contributed by atoms with Crippen LogP contribution >= 0.6 is 0 Å². The van der Waals surface area contributed by atoms with E-state index in [9.17, 15) is 4.79 Å². The molecule has 0 spiro atoms. The minimum Gasteiger partial charge on any atom is -0.444 e. The Kier molecular flexibility index (Phi) is 5.81. The van der Waals surface area contributed by atoms with Crippen molar-refractivity contribution in [1.29, 1.82) is 0 Å². The van der Waals surface area contributed by atoms with Gasteiger partial charge in [0, 0.05) is 18.4 Å². The molecule has 1 amide bonds. The van der Waals surface area contributed by atoms with Crippen molar-refractivity contribution in [3.8, 4) is 0 Å². The molecule has 1 aromatic heterocycles. The Labute approximate surface area is 133 Å². The fraction of sp³-hybridized carbons (Fsp3) is 0.667. The zero-order valence-corrected chi connectivity index (χ0v) is 14.0. The van der Waals surface area contributed by atoms with Gasteiger partial charge >= 0.3 is 6.09 Å². The van der Waals surface area contributed by atoms with E-state index in [4.69, 9.17) is 4.74 Å². The number of carbonyl (C=O) groups is 1. The fourth-order valence-electron chi connectivity index (χ4n) is 2.96. The van der Waals surface area contributed by atoms with Crippen LogP contribution in [0.3, 0.4) is 0 Å². The van der Waals surface area contributed by atoms with E-state index < -0.39 is 5.60 Å². The summed E-state index contributed by atoms with van der Waals surface area (Å²) in [5.74, 6) is 0.740. The van der Waals surface area contributed by atoms with Crippen molar-refractivity contribution in [2.24, 2.45) is 5.92 Å². The second kappa shape index (κ2) is 7.61. The van der Waals surface area contributed by atoms with Crippen LogP contribution in [0, 0.1) is 5.92 Å². The van der Waals surface area contributed by atoms with Crippen LogP contribution in [0.2, 0.25) is 0 Å². The summed E-state index contributed by atoms with van der Waals surface area (Å²) in [7, 11) is 0. The second-order valence-corrected chi connectivity index (χ2v) is 7.17. The van der Waals surface area contributed by atoms with Gasteiger partial charge in [-0.05, 0) is 44.7 Å². The summed E-state index contributed by atoms with van der Waals surface area (Å²) in [4.78, 5) is 16.3. The van der Waals surface area contributed by atoms with Crippen molar-refractivity contribution in [3.05, 3.63) is 29.6 Å². The maximum absolute atomic E-state index is 11.8. The summed E-state index contributed by atoms with van der Waals surface area (Å²) < 4.78 is 5.28. The van der Waals surface area contributed by atoms with Crippen molar-refractivity contribution in [1.82, 2.24) is 10.3 Å². The third kappa shape index (κ3) is 5.66. The molecule has 0 aliphatic heterocycles. The molecule has 1 aromatic rings. The number of rotatable bonds is 4. The molecular weight excluding hydrogens is 276 g/mol. The van der Waals surface area contributed by atoms with Crippen LogP contribution in [0.15, 0.2) is 18.3 Å². The SMILES string of the molecule is CC(C)(C)OC(=O)NCc1cccnc1CC1CCCCC1. The number of nitrogens with zero attached hydrogens (tertiary/aromatic N) is 1. The van der Waals surface area contributed by atoms with Crippen molar-refractivity contribution in [2.45, 2.75) is 71.4 Å². The van der Waals surface area contributed by atoms with Crippen molar-refractivity contribution >= 4 is 6.09 Å². The molecule has 1 aliphatic carbocycles. The molecule has 1 heterocycles. The first-order chi connectivity index (χ1) is 10.4. The minimum atomic E-state index is -0.468. The highest BCUT2D eigenvalue weighted by molar-refractivity contribution is 5.67. The van der Waals surface area contributed by atoms with Gasteiger partial charge in [-0.15, -0.1) is 0 Å². The molecule has 1 fully saturated rings. The van der Waals surface area contributed by atoms with Gasteiger partial charge in [0.25, 0.3) is 0 Å². The first kappa shape index (κ1) is 16.8. The summed E-state index contributed by atoms with van der Waals surface area (Å²) in [5.41, 5.74) is 1.74. The molecule has 2 rings (SSSR count). The number of hydrogen-bond donors (Lipinski definition) is 1. The monoisotopic (exact) mass is 304 g/mol. The van der Waals surface area contributed by atoms with Crippen LogP contribution in [-0.2, 0) is 17.7 Å². The number of amides is 1. The Morgan fingerprint density at radius 3 is 2.73 bits per heavy atom. The van der Waals surface area contributed by atoms with Crippen LogP contribution in [0.5, 0.6) is 0 Å². The molecule has 4 heteroatoms. The number of hydrogen-bond acceptors (Lipinski definition) is 3. The molecule has 1 aliphatic rings. The van der Waals surface area contributed by atoms with E-state index in [2.05, 4.69) is 10.3 Å². The third-order valence-corrected chi connectivity index (χ3v) is 4.01. The summed E-state index contributed by atoms with van der Waals surface area (Å²) in [6, 6.07) is 3.97. The first-order valence-electron chi connectivity index (χ1n) is 8.33. The molecule has 1 saturated carbocycles. The van der Waals surface area contributed by atoms with E-state index in [1.54, 1.807) is 0 Å². The largest absolute Gasteiger partial charge is 0.444 e. The summed E-state index contributed by atoms with van der Waals surface area (Å²) >= 11 is 0. The van der Waals surface area contributed by atoms with Gasteiger partial charge < -0.3 is 10.1 Å². The molecule has 4 nitrogen and oxygen atoms in total. The van der Waals surface area contributed by atoms with E-state index >= 15 is 0 Å². The molecular formula is C18H28N2O2. The lowest BCUT2D eigenvalue weighted by atomic mass is 9.85. The molecule has 122 valence electrons. The van der Waals surface area contributed by atoms with E-state index in [0.29, 0.717) is 6.54 Å². The predicted octanol–water partition coefficient (Wildman–Crippen LogP) is 4.23. The average Bonchev–Trinajstić information content (AvgIpc) is 2.46. The first-order valence-corrected chi connectivity index (χ1v) is 8.33. The Hall–Kier alpha value is -1.58. The quantitative estimate of drug-likeness (QED) is 0.905. The zero-order valence-electron chi connectivity index (χ0n) is 14.0. The zero-order chi connectivity index (χ0) is 16.0. The van der Waals surface area contributed by atoms with E-state index in [1.165, 1.54) is 32.1 Å². The Morgan fingerprint density at radius 2 is 2.05 bits per heavy atom. The lowest BCUT2D eigenvalue weighted by Gasteiger charge is -2.22. The molecule has 0 radical (unpaired) electrons. The predicted molar refractivity (Wildman–Crippen MR) is 87.6 cm³/mol. The van der Waals surface area contributed by atoms with Crippen LogP contribution in [0.1, 0.15) is 64.1 Å². The number of alkyl carbamates (subject to hydrolysis) is 1. The Morgan fingerprint density at radius 1 is 1.32 bits per heavy atom. The van der Waals surface area contributed by atoms with Gasteiger partial charge in [-0.25, -0.2) is 4.79 Å². The van der Waals surface area contributed by atoms with Crippen molar-refractivity contribution in [3.63, 3.8) is 0 Å². The molecule has 0 aromatic carbocycles.